The standard InChI is InChI=1S/C13H21N3O2/c1-2-15-12-8-18-7-10(12)13(17)16-11-5-3-4-9(11)6-14/h9-12,15H,2-5,7-8H2,1H3,(H,16,17). The maximum atomic E-state index is 12.2. The number of carbonyl (C=O) groups is 1. The molecule has 100 valence electrons. The van der Waals surface area contributed by atoms with Crippen LogP contribution in [0.2, 0.25) is 0 Å². The molecule has 1 saturated heterocycles. The number of likely N-dealkylation sites (N-methyl/N-ethyl adjacent to an activating group) is 1. The molecule has 5 nitrogen and oxygen atoms in total. The van der Waals surface area contributed by atoms with Crippen molar-refractivity contribution in [2.24, 2.45) is 11.8 Å². The van der Waals surface area contributed by atoms with Gasteiger partial charge in [0.05, 0.1) is 31.1 Å². The van der Waals surface area contributed by atoms with Gasteiger partial charge in [0, 0.05) is 12.1 Å². The summed E-state index contributed by atoms with van der Waals surface area (Å²) in [5, 5.41) is 15.3. The highest BCUT2D eigenvalue weighted by atomic mass is 16.5. The van der Waals surface area contributed by atoms with Gasteiger partial charge in [-0.25, -0.2) is 0 Å². The quantitative estimate of drug-likeness (QED) is 0.759. The van der Waals surface area contributed by atoms with E-state index < -0.39 is 0 Å². The number of carbonyl (C=O) groups excluding carboxylic acids is 1. The van der Waals surface area contributed by atoms with E-state index in [1.165, 1.54) is 0 Å². The lowest BCUT2D eigenvalue weighted by atomic mass is 10.00. The summed E-state index contributed by atoms with van der Waals surface area (Å²) in [6.45, 7) is 3.93. The van der Waals surface area contributed by atoms with Crippen LogP contribution in [-0.2, 0) is 9.53 Å². The molecule has 1 amide bonds. The Labute approximate surface area is 108 Å². The monoisotopic (exact) mass is 251 g/mol. The molecule has 0 aromatic rings. The molecule has 2 rings (SSSR count). The van der Waals surface area contributed by atoms with Crippen LogP contribution in [0.5, 0.6) is 0 Å². The largest absolute Gasteiger partial charge is 0.379 e. The predicted molar refractivity (Wildman–Crippen MR) is 66.7 cm³/mol. The van der Waals surface area contributed by atoms with Crippen molar-refractivity contribution in [3.63, 3.8) is 0 Å². The highest BCUT2D eigenvalue weighted by Crippen LogP contribution is 2.25. The second kappa shape index (κ2) is 6.17. The van der Waals surface area contributed by atoms with Crippen molar-refractivity contribution in [1.29, 1.82) is 5.26 Å². The number of ether oxygens (including phenoxy) is 1. The van der Waals surface area contributed by atoms with Crippen molar-refractivity contribution in [1.82, 2.24) is 10.6 Å². The highest BCUT2D eigenvalue weighted by molar-refractivity contribution is 5.80. The summed E-state index contributed by atoms with van der Waals surface area (Å²) in [5.74, 6) is -0.107. The van der Waals surface area contributed by atoms with E-state index >= 15 is 0 Å². The van der Waals surface area contributed by atoms with Crippen LogP contribution in [0.3, 0.4) is 0 Å². The van der Waals surface area contributed by atoms with E-state index in [2.05, 4.69) is 16.7 Å². The Bertz CT molecular complexity index is 340. The number of rotatable bonds is 4. The molecular weight excluding hydrogens is 230 g/mol. The van der Waals surface area contributed by atoms with Gasteiger partial charge in [-0.1, -0.05) is 6.92 Å². The van der Waals surface area contributed by atoms with Crippen molar-refractivity contribution in [3.05, 3.63) is 0 Å². The van der Waals surface area contributed by atoms with E-state index in [1.807, 2.05) is 6.92 Å². The third kappa shape index (κ3) is 2.82. The van der Waals surface area contributed by atoms with Crippen molar-refractivity contribution >= 4 is 5.91 Å². The first-order valence-electron chi connectivity index (χ1n) is 6.77. The third-order valence-electron chi connectivity index (χ3n) is 3.89. The summed E-state index contributed by atoms with van der Waals surface area (Å²) in [4.78, 5) is 12.2. The first-order valence-corrected chi connectivity index (χ1v) is 6.77. The maximum absolute atomic E-state index is 12.2. The second-order valence-corrected chi connectivity index (χ2v) is 5.09. The SMILES string of the molecule is CCNC1COCC1C(=O)NC1CCCC1C#N. The molecule has 0 radical (unpaired) electrons. The number of nitriles is 1. The van der Waals surface area contributed by atoms with Gasteiger partial charge in [0.15, 0.2) is 0 Å². The smallest absolute Gasteiger partial charge is 0.227 e. The van der Waals surface area contributed by atoms with Crippen LogP contribution in [0.4, 0.5) is 0 Å². The molecule has 0 spiro atoms. The molecule has 2 fully saturated rings. The van der Waals surface area contributed by atoms with Gasteiger partial charge in [-0.05, 0) is 25.8 Å². The Morgan fingerprint density at radius 2 is 2.22 bits per heavy atom. The molecule has 4 unspecified atom stereocenters. The average Bonchev–Trinajstić information content (AvgIpc) is 2.98. The van der Waals surface area contributed by atoms with Gasteiger partial charge in [0.1, 0.15) is 0 Å². The summed E-state index contributed by atoms with van der Waals surface area (Å²) in [6.07, 6.45) is 2.85. The predicted octanol–water partition coefficient (Wildman–Crippen LogP) is 0.419. The van der Waals surface area contributed by atoms with Gasteiger partial charge in [0.2, 0.25) is 5.91 Å². The Morgan fingerprint density at radius 1 is 1.39 bits per heavy atom. The lowest BCUT2D eigenvalue weighted by Gasteiger charge is -2.21. The first-order chi connectivity index (χ1) is 8.76. The van der Waals surface area contributed by atoms with Gasteiger partial charge in [-0.15, -0.1) is 0 Å². The van der Waals surface area contributed by atoms with Gasteiger partial charge in [-0.2, -0.15) is 5.26 Å². The summed E-state index contributed by atoms with van der Waals surface area (Å²) < 4.78 is 5.37. The third-order valence-corrected chi connectivity index (χ3v) is 3.89. The number of amides is 1. The molecular formula is C13H21N3O2. The Balaban J connectivity index is 1.89. The topological polar surface area (TPSA) is 74.2 Å². The normalized spacial score (nSPS) is 35.3. The Hall–Kier alpha value is -1.12. The molecule has 1 saturated carbocycles. The van der Waals surface area contributed by atoms with E-state index in [-0.39, 0.29) is 29.8 Å². The summed E-state index contributed by atoms with van der Waals surface area (Å²) in [7, 11) is 0. The minimum Gasteiger partial charge on any atom is -0.379 e. The zero-order valence-electron chi connectivity index (χ0n) is 10.8. The van der Waals surface area contributed by atoms with E-state index in [1.54, 1.807) is 0 Å². The molecule has 4 atom stereocenters. The van der Waals surface area contributed by atoms with E-state index in [0.29, 0.717) is 13.2 Å². The van der Waals surface area contributed by atoms with Gasteiger partial charge >= 0.3 is 0 Å². The molecule has 0 aromatic carbocycles. The van der Waals surface area contributed by atoms with E-state index in [0.717, 1.165) is 25.8 Å². The molecule has 1 heterocycles. The van der Waals surface area contributed by atoms with Gasteiger partial charge in [-0.3, -0.25) is 4.79 Å². The minimum absolute atomic E-state index is 0.0196. The second-order valence-electron chi connectivity index (χ2n) is 5.09. The van der Waals surface area contributed by atoms with Crippen LogP contribution in [0.15, 0.2) is 0 Å². The van der Waals surface area contributed by atoms with E-state index in [9.17, 15) is 4.79 Å². The highest BCUT2D eigenvalue weighted by Gasteiger charge is 2.36. The van der Waals surface area contributed by atoms with Gasteiger partial charge in [0.25, 0.3) is 0 Å². The Morgan fingerprint density at radius 3 is 2.94 bits per heavy atom. The van der Waals surface area contributed by atoms with Crippen LogP contribution < -0.4 is 10.6 Å². The number of nitrogens with zero attached hydrogens (tertiary/aromatic N) is 1. The van der Waals surface area contributed by atoms with Gasteiger partial charge < -0.3 is 15.4 Å². The minimum atomic E-state index is -0.120. The van der Waals surface area contributed by atoms with Crippen molar-refractivity contribution < 1.29 is 9.53 Å². The van der Waals surface area contributed by atoms with Crippen molar-refractivity contribution in [2.75, 3.05) is 19.8 Å². The number of hydrogen-bond donors (Lipinski definition) is 2. The summed E-state index contributed by atoms with van der Waals surface area (Å²) >= 11 is 0. The fourth-order valence-corrected chi connectivity index (χ4v) is 2.85. The molecule has 0 bridgehead atoms. The van der Waals surface area contributed by atoms with Crippen LogP contribution in [0, 0.1) is 23.2 Å². The summed E-state index contributed by atoms with van der Waals surface area (Å²) in [5.41, 5.74) is 0. The number of hydrogen-bond acceptors (Lipinski definition) is 4. The zero-order valence-corrected chi connectivity index (χ0v) is 10.8. The lowest BCUT2D eigenvalue weighted by Crippen LogP contribution is -2.47. The molecule has 18 heavy (non-hydrogen) atoms. The number of nitrogens with one attached hydrogen (secondary N) is 2. The molecule has 2 aliphatic rings. The van der Waals surface area contributed by atoms with Crippen molar-refractivity contribution in [3.8, 4) is 6.07 Å². The molecule has 2 N–H and O–H groups in total. The molecule has 1 aliphatic heterocycles. The fraction of sp³-hybridized carbons (Fsp3) is 0.846. The first kappa shape index (κ1) is 13.3. The fourth-order valence-electron chi connectivity index (χ4n) is 2.85. The Kier molecular flexibility index (Phi) is 4.56. The zero-order chi connectivity index (χ0) is 13.0. The van der Waals surface area contributed by atoms with Crippen LogP contribution in [-0.4, -0.2) is 37.7 Å². The van der Waals surface area contributed by atoms with Crippen LogP contribution >= 0.6 is 0 Å². The van der Waals surface area contributed by atoms with Crippen LogP contribution in [0.25, 0.3) is 0 Å². The van der Waals surface area contributed by atoms with E-state index in [4.69, 9.17) is 10.00 Å². The lowest BCUT2D eigenvalue weighted by molar-refractivity contribution is -0.126. The molecule has 1 aliphatic carbocycles. The maximum Gasteiger partial charge on any atom is 0.227 e. The molecule has 5 heteroatoms. The molecule has 0 aromatic heterocycles. The van der Waals surface area contributed by atoms with Crippen molar-refractivity contribution in [2.45, 2.75) is 38.3 Å². The summed E-state index contributed by atoms with van der Waals surface area (Å²) in [6, 6.07) is 2.43. The average molecular weight is 251 g/mol. The van der Waals surface area contributed by atoms with Crippen LogP contribution in [0.1, 0.15) is 26.2 Å².